The summed E-state index contributed by atoms with van der Waals surface area (Å²) in [7, 11) is 0. The van der Waals surface area contributed by atoms with Crippen LogP contribution in [0.25, 0.3) is 0 Å². The lowest BCUT2D eigenvalue weighted by atomic mass is 10.1. The van der Waals surface area contributed by atoms with Gasteiger partial charge in [0.05, 0.1) is 17.9 Å². The van der Waals surface area contributed by atoms with Gasteiger partial charge in [-0.15, -0.1) is 0 Å². The Labute approximate surface area is 92.7 Å². The summed E-state index contributed by atoms with van der Waals surface area (Å²) in [5, 5.41) is 0. The van der Waals surface area contributed by atoms with Crippen LogP contribution < -0.4 is 17.0 Å². The van der Waals surface area contributed by atoms with E-state index in [4.69, 9.17) is 11.6 Å². The number of hydrazine groups is 1. The standard InChI is InChI=1S/C10H12N6/c11-10-7(2-1-3-15-10)9(16-12)8-6-13-4-5-14-8/h1-6,9,16H,12H2,(H2,11,15). The molecule has 2 aromatic rings. The number of nitrogens with one attached hydrogen (secondary N) is 1. The van der Waals surface area contributed by atoms with Crippen molar-refractivity contribution in [1.82, 2.24) is 20.4 Å². The van der Waals surface area contributed by atoms with E-state index in [-0.39, 0.29) is 6.04 Å². The zero-order chi connectivity index (χ0) is 11.4. The molecular formula is C10H12N6. The second kappa shape index (κ2) is 4.65. The fraction of sp³-hybridized carbons (Fsp3) is 0.100. The molecule has 2 aromatic heterocycles. The lowest BCUT2D eigenvalue weighted by Gasteiger charge is -2.16. The van der Waals surface area contributed by atoms with E-state index >= 15 is 0 Å². The average Bonchev–Trinajstić information content (AvgIpc) is 2.34. The zero-order valence-electron chi connectivity index (χ0n) is 8.54. The Balaban J connectivity index is 2.41. The van der Waals surface area contributed by atoms with Crippen LogP contribution in [0.15, 0.2) is 36.9 Å². The first-order valence-corrected chi connectivity index (χ1v) is 4.75. The van der Waals surface area contributed by atoms with Crippen LogP contribution in [0.5, 0.6) is 0 Å². The van der Waals surface area contributed by atoms with Gasteiger partial charge < -0.3 is 5.73 Å². The number of anilines is 1. The topological polar surface area (TPSA) is 103 Å². The molecule has 0 fully saturated rings. The quantitative estimate of drug-likeness (QED) is 0.493. The Kier molecular flexibility index (Phi) is 3.04. The van der Waals surface area contributed by atoms with Gasteiger partial charge in [-0.1, -0.05) is 6.07 Å². The van der Waals surface area contributed by atoms with Crippen LogP contribution in [0.4, 0.5) is 5.82 Å². The van der Waals surface area contributed by atoms with Crippen LogP contribution in [0.3, 0.4) is 0 Å². The molecule has 16 heavy (non-hydrogen) atoms. The SMILES string of the molecule is NNC(c1cnccn1)c1cccnc1N. The first kappa shape index (κ1) is 10.5. The number of hydrogen-bond acceptors (Lipinski definition) is 6. The first-order chi connectivity index (χ1) is 7.83. The number of rotatable bonds is 3. The van der Waals surface area contributed by atoms with E-state index in [1.54, 1.807) is 30.9 Å². The molecule has 0 saturated carbocycles. The second-order valence-electron chi connectivity index (χ2n) is 3.21. The molecular weight excluding hydrogens is 204 g/mol. The third-order valence-corrected chi connectivity index (χ3v) is 2.23. The predicted octanol–water partition coefficient (Wildman–Crippen LogP) is 0.00650. The smallest absolute Gasteiger partial charge is 0.128 e. The van der Waals surface area contributed by atoms with Gasteiger partial charge in [-0.25, -0.2) is 10.4 Å². The molecule has 2 heterocycles. The minimum absolute atomic E-state index is 0.303. The van der Waals surface area contributed by atoms with Crippen LogP contribution in [-0.2, 0) is 0 Å². The molecule has 1 unspecified atom stereocenters. The molecule has 2 rings (SSSR count). The fourth-order valence-electron chi connectivity index (χ4n) is 1.47. The Hall–Kier alpha value is -2.05. The van der Waals surface area contributed by atoms with Crippen molar-refractivity contribution in [2.24, 2.45) is 5.84 Å². The van der Waals surface area contributed by atoms with E-state index in [9.17, 15) is 0 Å². The number of nitrogen functional groups attached to an aromatic ring is 1. The lowest BCUT2D eigenvalue weighted by molar-refractivity contribution is 0.617. The summed E-state index contributed by atoms with van der Waals surface area (Å²) >= 11 is 0. The van der Waals surface area contributed by atoms with Gasteiger partial charge in [0.1, 0.15) is 5.82 Å². The Morgan fingerprint density at radius 1 is 1.19 bits per heavy atom. The largest absolute Gasteiger partial charge is 0.383 e. The lowest BCUT2D eigenvalue weighted by Crippen LogP contribution is -2.30. The van der Waals surface area contributed by atoms with Gasteiger partial charge in [0.2, 0.25) is 0 Å². The van der Waals surface area contributed by atoms with Gasteiger partial charge in [0, 0.05) is 24.2 Å². The molecule has 0 aliphatic heterocycles. The molecule has 5 N–H and O–H groups in total. The molecule has 0 saturated heterocycles. The monoisotopic (exact) mass is 216 g/mol. The normalized spacial score (nSPS) is 12.3. The Bertz CT molecular complexity index is 458. The van der Waals surface area contributed by atoms with Gasteiger partial charge in [0.15, 0.2) is 0 Å². The van der Waals surface area contributed by atoms with Crippen molar-refractivity contribution in [3.63, 3.8) is 0 Å². The minimum Gasteiger partial charge on any atom is -0.383 e. The highest BCUT2D eigenvalue weighted by Gasteiger charge is 2.16. The maximum atomic E-state index is 5.78. The van der Waals surface area contributed by atoms with Crippen molar-refractivity contribution in [3.8, 4) is 0 Å². The third-order valence-electron chi connectivity index (χ3n) is 2.23. The van der Waals surface area contributed by atoms with Gasteiger partial charge >= 0.3 is 0 Å². The van der Waals surface area contributed by atoms with Crippen molar-refractivity contribution in [3.05, 3.63) is 48.2 Å². The maximum absolute atomic E-state index is 5.78. The summed E-state index contributed by atoms with van der Waals surface area (Å²) in [6.45, 7) is 0. The molecule has 0 aliphatic carbocycles. The first-order valence-electron chi connectivity index (χ1n) is 4.75. The highest BCUT2D eigenvalue weighted by Crippen LogP contribution is 2.22. The summed E-state index contributed by atoms with van der Waals surface area (Å²) in [6, 6.07) is 3.34. The van der Waals surface area contributed by atoms with Crippen LogP contribution in [-0.4, -0.2) is 15.0 Å². The summed E-state index contributed by atoms with van der Waals surface area (Å²) in [5.41, 5.74) is 9.91. The van der Waals surface area contributed by atoms with Gasteiger partial charge in [-0.2, -0.15) is 0 Å². The molecule has 0 amide bonds. The summed E-state index contributed by atoms with van der Waals surface area (Å²) in [4.78, 5) is 12.2. The minimum atomic E-state index is -0.303. The number of nitrogens with two attached hydrogens (primary N) is 2. The molecule has 0 spiro atoms. The maximum Gasteiger partial charge on any atom is 0.128 e. The van der Waals surface area contributed by atoms with Gasteiger partial charge in [-0.3, -0.25) is 15.8 Å². The highest BCUT2D eigenvalue weighted by atomic mass is 15.2. The summed E-state index contributed by atoms with van der Waals surface area (Å²) < 4.78 is 0. The molecule has 6 heteroatoms. The number of nitrogens with zero attached hydrogens (tertiary/aromatic N) is 3. The zero-order valence-corrected chi connectivity index (χ0v) is 8.54. The molecule has 1 atom stereocenters. The number of hydrogen-bond donors (Lipinski definition) is 3. The van der Waals surface area contributed by atoms with Gasteiger partial charge in [-0.05, 0) is 6.07 Å². The fourth-order valence-corrected chi connectivity index (χ4v) is 1.47. The number of pyridine rings is 1. The van der Waals surface area contributed by atoms with Crippen LogP contribution in [0.2, 0.25) is 0 Å². The number of aromatic nitrogens is 3. The molecule has 0 aromatic carbocycles. The van der Waals surface area contributed by atoms with Gasteiger partial charge in [0.25, 0.3) is 0 Å². The molecule has 82 valence electrons. The Morgan fingerprint density at radius 3 is 2.69 bits per heavy atom. The van der Waals surface area contributed by atoms with Crippen molar-refractivity contribution < 1.29 is 0 Å². The van der Waals surface area contributed by atoms with E-state index < -0.39 is 0 Å². The van der Waals surface area contributed by atoms with Crippen molar-refractivity contribution in [2.45, 2.75) is 6.04 Å². The van der Waals surface area contributed by atoms with E-state index in [2.05, 4.69) is 20.4 Å². The van der Waals surface area contributed by atoms with Crippen LogP contribution in [0, 0.1) is 0 Å². The summed E-state index contributed by atoms with van der Waals surface area (Å²) in [6.07, 6.45) is 6.47. The predicted molar refractivity (Wildman–Crippen MR) is 59.8 cm³/mol. The Morgan fingerprint density at radius 2 is 2.06 bits per heavy atom. The van der Waals surface area contributed by atoms with Crippen molar-refractivity contribution in [2.75, 3.05) is 5.73 Å². The van der Waals surface area contributed by atoms with Crippen molar-refractivity contribution >= 4 is 5.82 Å². The van der Waals surface area contributed by atoms with Crippen LogP contribution >= 0.6 is 0 Å². The average molecular weight is 216 g/mol. The van der Waals surface area contributed by atoms with Crippen LogP contribution in [0.1, 0.15) is 17.3 Å². The summed E-state index contributed by atoms with van der Waals surface area (Å²) in [5.74, 6) is 5.93. The molecule has 0 bridgehead atoms. The highest BCUT2D eigenvalue weighted by molar-refractivity contribution is 5.43. The van der Waals surface area contributed by atoms with E-state index in [0.29, 0.717) is 11.5 Å². The van der Waals surface area contributed by atoms with E-state index in [1.165, 1.54) is 0 Å². The molecule has 0 aliphatic rings. The third kappa shape index (κ3) is 1.97. The van der Waals surface area contributed by atoms with Crippen molar-refractivity contribution in [1.29, 1.82) is 0 Å². The second-order valence-corrected chi connectivity index (χ2v) is 3.21. The molecule has 0 radical (unpaired) electrons. The molecule has 6 nitrogen and oxygen atoms in total. The van der Waals surface area contributed by atoms with E-state index in [0.717, 1.165) is 5.56 Å². The van der Waals surface area contributed by atoms with E-state index in [1.807, 2.05) is 6.07 Å².